The largest absolute Gasteiger partial charge is 0.618 e. The van der Waals surface area contributed by atoms with Crippen molar-refractivity contribution in [2.45, 2.75) is 31.4 Å². The van der Waals surface area contributed by atoms with Crippen LogP contribution in [0, 0.1) is 5.21 Å². The van der Waals surface area contributed by atoms with Gasteiger partial charge in [0.15, 0.2) is 12.0 Å². The number of anilines is 1. The molecule has 2 aromatic heterocycles. The van der Waals surface area contributed by atoms with Gasteiger partial charge in [0.1, 0.15) is 6.04 Å². The van der Waals surface area contributed by atoms with E-state index >= 15 is 0 Å². The maximum Gasteiger partial charge on any atom is 0.347 e. The number of alkyl halides is 2. The van der Waals surface area contributed by atoms with E-state index in [2.05, 4.69) is 15.6 Å². The summed E-state index contributed by atoms with van der Waals surface area (Å²) in [5.74, 6) is -4.25. The zero-order valence-electron chi connectivity index (χ0n) is 17.3. The van der Waals surface area contributed by atoms with Gasteiger partial charge in [-0.1, -0.05) is 29.8 Å². The van der Waals surface area contributed by atoms with E-state index in [1.165, 1.54) is 22.9 Å². The molecule has 0 spiro atoms. The second-order valence-electron chi connectivity index (χ2n) is 7.61. The lowest BCUT2D eigenvalue weighted by Crippen LogP contribution is -2.42. The summed E-state index contributed by atoms with van der Waals surface area (Å²) in [5.41, 5.74) is -0.165. The lowest BCUT2D eigenvalue weighted by atomic mass is 10.2. The van der Waals surface area contributed by atoms with Gasteiger partial charge in [-0.15, -0.1) is 0 Å². The van der Waals surface area contributed by atoms with Crippen molar-refractivity contribution in [2.24, 2.45) is 0 Å². The summed E-state index contributed by atoms with van der Waals surface area (Å²) in [4.78, 5) is 29.7. The first-order valence-corrected chi connectivity index (χ1v) is 10.6. The molecule has 1 amide bonds. The molecular formula is C22H20ClF2N5O3. The number of aromatic nitrogens is 3. The zero-order chi connectivity index (χ0) is 23.6. The van der Waals surface area contributed by atoms with Crippen LogP contribution in [0.5, 0.6) is 0 Å². The van der Waals surface area contributed by atoms with Crippen molar-refractivity contribution < 1.29 is 18.3 Å². The monoisotopic (exact) mass is 475 g/mol. The van der Waals surface area contributed by atoms with Crippen molar-refractivity contribution in [3.05, 3.63) is 92.4 Å². The number of nitrogens with zero attached hydrogens (tertiary/aromatic N) is 3. The highest BCUT2D eigenvalue weighted by Gasteiger charge is 2.40. The Hall–Kier alpha value is -3.53. The number of halogens is 3. The molecule has 1 unspecified atom stereocenters. The van der Waals surface area contributed by atoms with Gasteiger partial charge in [0, 0.05) is 35.6 Å². The predicted octanol–water partition coefficient (Wildman–Crippen LogP) is 2.54. The smallest absolute Gasteiger partial charge is 0.347 e. The number of amides is 1. The van der Waals surface area contributed by atoms with Gasteiger partial charge in [0.05, 0.1) is 6.54 Å². The molecule has 0 bridgehead atoms. The second-order valence-corrected chi connectivity index (χ2v) is 8.01. The number of carbonyl (C=O) groups is 1. The number of rotatable bonds is 7. The molecule has 0 aliphatic carbocycles. The molecule has 3 aromatic rings. The lowest BCUT2D eigenvalue weighted by molar-refractivity contribution is -0.624. The summed E-state index contributed by atoms with van der Waals surface area (Å²) >= 11 is 6.11. The first kappa shape index (κ1) is 22.7. The van der Waals surface area contributed by atoms with Gasteiger partial charge in [0.2, 0.25) is 5.91 Å². The molecule has 3 heterocycles. The normalized spacial score (nSPS) is 15.2. The average molecular weight is 476 g/mol. The van der Waals surface area contributed by atoms with Crippen LogP contribution < -0.4 is 20.9 Å². The maximum absolute atomic E-state index is 14.5. The average Bonchev–Trinajstić information content (AvgIpc) is 3.23. The Morgan fingerprint density at radius 3 is 2.79 bits per heavy atom. The van der Waals surface area contributed by atoms with Crippen LogP contribution in [0.25, 0.3) is 0 Å². The molecule has 11 heteroatoms. The van der Waals surface area contributed by atoms with Crippen molar-refractivity contribution in [1.29, 1.82) is 0 Å². The van der Waals surface area contributed by atoms with Gasteiger partial charge in [-0.2, -0.15) is 13.5 Å². The van der Waals surface area contributed by atoms with Crippen molar-refractivity contribution in [3.63, 3.8) is 0 Å². The fourth-order valence-corrected chi connectivity index (χ4v) is 3.95. The molecular weight excluding hydrogens is 456 g/mol. The molecule has 1 atom stereocenters. The van der Waals surface area contributed by atoms with Gasteiger partial charge in [-0.05, 0) is 30.5 Å². The molecule has 2 N–H and O–H groups in total. The standard InChI is InChI=1S/C22H20ClF2N5O3/c23-16-6-2-1-5-14(16)11-27-20(31)17-9-8-15-12-26-19(21(32)30(15)17)28-13-22(24,25)18-7-3-4-10-29(18)33/h1-7,10,12,17H,8-9,11,13H2,(H,26,28)(H,27,31). The third-order valence-electron chi connectivity index (χ3n) is 5.45. The minimum Gasteiger partial charge on any atom is -0.618 e. The summed E-state index contributed by atoms with van der Waals surface area (Å²) in [6.07, 6.45) is 3.19. The third-order valence-corrected chi connectivity index (χ3v) is 5.82. The number of hydrogen-bond donors (Lipinski definition) is 2. The Labute approximate surface area is 192 Å². The highest BCUT2D eigenvalue weighted by molar-refractivity contribution is 6.31. The SMILES string of the molecule is O=C(NCc1ccccc1Cl)C1CCc2cnc(NCC(F)(F)c3cccc[n+]3[O-])c(=O)n21. The maximum atomic E-state index is 14.5. The Kier molecular flexibility index (Phi) is 6.28. The molecule has 8 nitrogen and oxygen atoms in total. The first-order valence-electron chi connectivity index (χ1n) is 10.2. The van der Waals surface area contributed by atoms with Crippen molar-refractivity contribution in [3.8, 4) is 0 Å². The molecule has 0 saturated carbocycles. The van der Waals surface area contributed by atoms with Crippen molar-refractivity contribution in [1.82, 2.24) is 14.9 Å². The number of nitrogens with one attached hydrogen (secondary N) is 2. The lowest BCUT2D eigenvalue weighted by Gasteiger charge is -2.18. The first-order chi connectivity index (χ1) is 15.8. The molecule has 1 aliphatic heterocycles. The van der Waals surface area contributed by atoms with E-state index in [0.29, 0.717) is 23.6 Å². The number of hydrogen-bond acceptors (Lipinski definition) is 5. The number of benzene rings is 1. The summed E-state index contributed by atoms with van der Waals surface area (Å²) < 4.78 is 30.4. The number of aryl methyl sites for hydroxylation is 1. The van der Waals surface area contributed by atoms with Crippen LogP contribution in [0.15, 0.2) is 59.7 Å². The van der Waals surface area contributed by atoms with Gasteiger partial charge in [-0.25, -0.2) is 4.98 Å². The molecule has 4 rings (SSSR count). The molecule has 0 radical (unpaired) electrons. The Morgan fingerprint density at radius 1 is 1.27 bits per heavy atom. The quantitative estimate of drug-likeness (QED) is 0.404. The van der Waals surface area contributed by atoms with Crippen LogP contribution in [-0.4, -0.2) is 22.0 Å². The van der Waals surface area contributed by atoms with Gasteiger partial charge in [0.25, 0.3) is 11.3 Å². The number of fused-ring (bicyclic) bond motifs is 1. The van der Waals surface area contributed by atoms with Gasteiger partial charge in [-0.3, -0.25) is 14.2 Å². The number of carbonyl (C=O) groups excluding carboxylic acids is 1. The fourth-order valence-electron chi connectivity index (χ4n) is 3.75. The van der Waals surface area contributed by atoms with E-state index in [4.69, 9.17) is 11.6 Å². The Balaban J connectivity index is 1.50. The van der Waals surface area contributed by atoms with E-state index in [1.54, 1.807) is 24.3 Å². The summed E-state index contributed by atoms with van der Waals surface area (Å²) in [6.45, 7) is -0.821. The Morgan fingerprint density at radius 2 is 2.03 bits per heavy atom. The van der Waals surface area contributed by atoms with Crippen molar-refractivity contribution in [2.75, 3.05) is 11.9 Å². The second kappa shape index (κ2) is 9.14. The topological polar surface area (TPSA) is 103 Å². The Bertz CT molecular complexity index is 1250. The summed E-state index contributed by atoms with van der Waals surface area (Å²) in [7, 11) is 0. The molecule has 172 valence electrons. The van der Waals surface area contributed by atoms with Gasteiger partial charge >= 0.3 is 5.92 Å². The van der Waals surface area contributed by atoms with Gasteiger partial charge < -0.3 is 15.8 Å². The van der Waals surface area contributed by atoms with Crippen LogP contribution in [-0.2, 0) is 23.7 Å². The third kappa shape index (κ3) is 4.65. The van der Waals surface area contributed by atoms with E-state index in [9.17, 15) is 23.6 Å². The minimum atomic E-state index is -3.55. The van der Waals surface area contributed by atoms with E-state index in [0.717, 1.165) is 17.8 Å². The highest BCUT2D eigenvalue weighted by atomic mass is 35.5. The highest BCUT2D eigenvalue weighted by Crippen LogP contribution is 2.27. The van der Waals surface area contributed by atoms with E-state index in [-0.39, 0.29) is 23.0 Å². The van der Waals surface area contributed by atoms with Crippen LogP contribution in [0.2, 0.25) is 5.02 Å². The van der Waals surface area contributed by atoms with Crippen LogP contribution in [0.3, 0.4) is 0 Å². The molecule has 1 aromatic carbocycles. The van der Waals surface area contributed by atoms with E-state index < -0.39 is 29.8 Å². The molecule has 0 saturated heterocycles. The minimum absolute atomic E-state index is 0.0734. The zero-order valence-corrected chi connectivity index (χ0v) is 18.1. The fraction of sp³-hybridized carbons (Fsp3) is 0.273. The van der Waals surface area contributed by atoms with E-state index in [1.807, 2.05) is 0 Å². The molecule has 33 heavy (non-hydrogen) atoms. The van der Waals surface area contributed by atoms with Crippen LogP contribution in [0.1, 0.15) is 29.4 Å². The summed E-state index contributed by atoms with van der Waals surface area (Å²) in [6, 6.07) is 9.95. The number of pyridine rings is 1. The predicted molar refractivity (Wildman–Crippen MR) is 117 cm³/mol. The van der Waals surface area contributed by atoms with Crippen LogP contribution >= 0.6 is 11.6 Å². The molecule has 1 aliphatic rings. The van der Waals surface area contributed by atoms with Crippen LogP contribution in [0.4, 0.5) is 14.6 Å². The van der Waals surface area contributed by atoms with Crippen molar-refractivity contribution >= 4 is 23.3 Å². The molecule has 0 fully saturated rings. The summed E-state index contributed by atoms with van der Waals surface area (Å²) in [5, 5.41) is 17.3.